The van der Waals surface area contributed by atoms with E-state index < -0.39 is 0 Å². The van der Waals surface area contributed by atoms with Crippen LogP contribution in [0.25, 0.3) is 0 Å². The second kappa shape index (κ2) is 5.37. The largest absolute Gasteiger partial charge is 0.474 e. The number of rotatable bonds is 3. The summed E-state index contributed by atoms with van der Waals surface area (Å²) >= 11 is 0. The number of carbonyl (C=O) groups excluding carboxylic acids is 1. The van der Waals surface area contributed by atoms with Crippen molar-refractivity contribution in [1.29, 1.82) is 0 Å². The molecule has 0 aromatic carbocycles. The second-order valence-corrected chi connectivity index (χ2v) is 6.13. The number of carbonyl (C=O) groups is 1. The maximum absolute atomic E-state index is 13.1. The molecular formula is C17H20N4O2. The third-order valence-electron chi connectivity index (χ3n) is 4.38. The summed E-state index contributed by atoms with van der Waals surface area (Å²) < 4.78 is 7.42. The molecule has 1 aliphatic carbocycles. The van der Waals surface area contributed by atoms with E-state index in [1.807, 2.05) is 36.7 Å². The van der Waals surface area contributed by atoms with Crippen LogP contribution in [-0.2, 0) is 6.54 Å². The van der Waals surface area contributed by atoms with E-state index in [9.17, 15) is 4.79 Å². The van der Waals surface area contributed by atoms with Gasteiger partial charge in [-0.05, 0) is 44.9 Å². The van der Waals surface area contributed by atoms with Gasteiger partial charge in [0.25, 0.3) is 5.91 Å². The Balaban J connectivity index is 1.70. The van der Waals surface area contributed by atoms with Gasteiger partial charge in [-0.3, -0.25) is 14.4 Å². The summed E-state index contributed by atoms with van der Waals surface area (Å²) in [6, 6.07) is 5.77. The Morgan fingerprint density at radius 2 is 2.22 bits per heavy atom. The van der Waals surface area contributed by atoms with Gasteiger partial charge in [-0.2, -0.15) is 5.10 Å². The van der Waals surface area contributed by atoms with Crippen molar-refractivity contribution in [2.75, 3.05) is 18.1 Å². The van der Waals surface area contributed by atoms with Crippen molar-refractivity contribution in [3.8, 4) is 5.88 Å². The summed E-state index contributed by atoms with van der Waals surface area (Å²) in [5, 5.41) is 4.60. The van der Waals surface area contributed by atoms with E-state index >= 15 is 0 Å². The zero-order valence-corrected chi connectivity index (χ0v) is 13.5. The molecule has 0 N–H and O–H groups in total. The molecule has 0 atom stereocenters. The van der Waals surface area contributed by atoms with Gasteiger partial charge in [0.2, 0.25) is 5.88 Å². The van der Waals surface area contributed by atoms with Crippen molar-refractivity contribution in [2.24, 2.45) is 0 Å². The maximum atomic E-state index is 13.1. The molecular weight excluding hydrogens is 292 g/mol. The number of pyridine rings is 1. The van der Waals surface area contributed by atoms with E-state index in [1.165, 1.54) is 12.8 Å². The number of fused-ring (bicyclic) bond motifs is 1. The molecule has 0 saturated heterocycles. The molecule has 4 rings (SSSR count). The fraction of sp³-hybridized carbons (Fsp3) is 0.471. The highest BCUT2D eigenvalue weighted by atomic mass is 16.5. The first-order chi connectivity index (χ1) is 11.2. The topological polar surface area (TPSA) is 60.2 Å². The van der Waals surface area contributed by atoms with Crippen molar-refractivity contribution in [2.45, 2.75) is 39.2 Å². The van der Waals surface area contributed by atoms with Crippen LogP contribution in [0.3, 0.4) is 0 Å². The Labute approximate surface area is 135 Å². The number of nitrogens with zero attached hydrogens (tertiary/aromatic N) is 4. The lowest BCUT2D eigenvalue weighted by atomic mass is 10.2. The van der Waals surface area contributed by atoms with Crippen LogP contribution in [0.1, 0.15) is 47.6 Å². The lowest BCUT2D eigenvalue weighted by Gasteiger charge is -2.28. The summed E-state index contributed by atoms with van der Waals surface area (Å²) in [6.07, 6.45) is 2.36. The number of hydrogen-bond acceptors (Lipinski definition) is 4. The predicted octanol–water partition coefficient (Wildman–Crippen LogP) is 2.52. The van der Waals surface area contributed by atoms with Crippen LogP contribution in [0.2, 0.25) is 0 Å². The SMILES string of the molecule is CCn1nc(C2CC2)cc1C(=O)N1CCOc2nc(C)ccc21. The van der Waals surface area contributed by atoms with E-state index in [1.54, 1.807) is 4.90 Å². The third-order valence-corrected chi connectivity index (χ3v) is 4.38. The average Bonchev–Trinajstić information content (AvgIpc) is 3.32. The van der Waals surface area contributed by atoms with Gasteiger partial charge in [-0.15, -0.1) is 0 Å². The molecule has 2 aromatic rings. The summed E-state index contributed by atoms with van der Waals surface area (Å²) in [7, 11) is 0. The quantitative estimate of drug-likeness (QED) is 0.874. The number of amides is 1. The van der Waals surface area contributed by atoms with E-state index in [-0.39, 0.29) is 5.91 Å². The molecule has 2 aliphatic rings. The van der Waals surface area contributed by atoms with Crippen molar-refractivity contribution in [3.05, 3.63) is 35.3 Å². The molecule has 1 fully saturated rings. The summed E-state index contributed by atoms with van der Waals surface area (Å²) in [4.78, 5) is 19.2. The fourth-order valence-electron chi connectivity index (χ4n) is 2.97. The molecule has 1 aliphatic heterocycles. The van der Waals surface area contributed by atoms with Crippen LogP contribution in [0.5, 0.6) is 5.88 Å². The molecule has 23 heavy (non-hydrogen) atoms. The molecule has 1 amide bonds. The first-order valence-corrected chi connectivity index (χ1v) is 8.17. The molecule has 2 aromatic heterocycles. The predicted molar refractivity (Wildman–Crippen MR) is 86.0 cm³/mol. The van der Waals surface area contributed by atoms with Gasteiger partial charge in [-0.1, -0.05) is 0 Å². The van der Waals surface area contributed by atoms with Crippen LogP contribution in [0.4, 0.5) is 5.69 Å². The number of hydrogen-bond donors (Lipinski definition) is 0. The van der Waals surface area contributed by atoms with Gasteiger partial charge in [0.15, 0.2) is 0 Å². The van der Waals surface area contributed by atoms with Gasteiger partial charge in [0, 0.05) is 18.2 Å². The fourth-order valence-corrected chi connectivity index (χ4v) is 2.97. The minimum absolute atomic E-state index is 0.0264. The van der Waals surface area contributed by atoms with Crippen LogP contribution in [0.15, 0.2) is 18.2 Å². The van der Waals surface area contributed by atoms with Crippen molar-refractivity contribution in [3.63, 3.8) is 0 Å². The minimum Gasteiger partial charge on any atom is -0.474 e. The Bertz CT molecular complexity index is 764. The monoisotopic (exact) mass is 312 g/mol. The smallest absolute Gasteiger partial charge is 0.276 e. The first-order valence-electron chi connectivity index (χ1n) is 8.17. The average molecular weight is 312 g/mol. The number of aromatic nitrogens is 3. The molecule has 6 nitrogen and oxygen atoms in total. The maximum Gasteiger partial charge on any atom is 0.276 e. The molecule has 120 valence electrons. The van der Waals surface area contributed by atoms with Crippen molar-refractivity contribution >= 4 is 11.6 Å². The summed E-state index contributed by atoms with van der Waals surface area (Å²) in [6.45, 7) is 5.61. The number of aryl methyl sites for hydroxylation is 2. The Kier molecular flexibility index (Phi) is 3.32. The van der Waals surface area contributed by atoms with Crippen molar-refractivity contribution in [1.82, 2.24) is 14.8 Å². The van der Waals surface area contributed by atoms with Gasteiger partial charge in [-0.25, -0.2) is 4.98 Å². The number of anilines is 1. The van der Waals surface area contributed by atoms with Crippen LogP contribution < -0.4 is 9.64 Å². The molecule has 1 saturated carbocycles. The van der Waals surface area contributed by atoms with Gasteiger partial charge >= 0.3 is 0 Å². The summed E-state index contributed by atoms with van der Waals surface area (Å²) in [5.74, 6) is 1.05. The second-order valence-electron chi connectivity index (χ2n) is 6.13. The van der Waals surface area contributed by atoms with E-state index in [4.69, 9.17) is 4.74 Å². The van der Waals surface area contributed by atoms with Crippen molar-refractivity contribution < 1.29 is 9.53 Å². The standard InChI is InChI=1S/C17H20N4O2/c1-3-21-15(10-13(19-21)12-5-6-12)17(22)20-8-9-23-16-14(20)7-4-11(2)18-16/h4,7,10,12H,3,5-6,8-9H2,1-2H3. The lowest BCUT2D eigenvalue weighted by molar-refractivity contribution is 0.0965. The van der Waals surface area contributed by atoms with Crippen LogP contribution in [-0.4, -0.2) is 33.8 Å². The number of ether oxygens (including phenoxy) is 1. The molecule has 6 heteroatoms. The highest BCUT2D eigenvalue weighted by Crippen LogP contribution is 2.40. The Morgan fingerprint density at radius 3 is 2.96 bits per heavy atom. The van der Waals surface area contributed by atoms with Gasteiger partial charge < -0.3 is 4.74 Å². The van der Waals surface area contributed by atoms with Crippen LogP contribution in [0, 0.1) is 6.92 Å². The van der Waals surface area contributed by atoms with Gasteiger partial charge in [0.1, 0.15) is 18.0 Å². The van der Waals surface area contributed by atoms with E-state index in [0.29, 0.717) is 37.2 Å². The minimum atomic E-state index is -0.0264. The van der Waals surface area contributed by atoms with E-state index in [0.717, 1.165) is 17.1 Å². The highest BCUT2D eigenvalue weighted by Gasteiger charge is 2.31. The van der Waals surface area contributed by atoms with E-state index in [2.05, 4.69) is 10.1 Å². The Hall–Kier alpha value is -2.37. The highest BCUT2D eigenvalue weighted by molar-refractivity contribution is 6.06. The summed E-state index contributed by atoms with van der Waals surface area (Å²) in [5.41, 5.74) is 3.32. The molecule has 0 bridgehead atoms. The molecule has 3 heterocycles. The normalized spacial score (nSPS) is 16.9. The molecule has 0 unspecified atom stereocenters. The molecule has 0 radical (unpaired) electrons. The zero-order chi connectivity index (χ0) is 16.0. The lowest BCUT2D eigenvalue weighted by Crippen LogP contribution is -2.39. The first kappa shape index (κ1) is 14.2. The third kappa shape index (κ3) is 2.48. The van der Waals surface area contributed by atoms with Crippen LogP contribution >= 0.6 is 0 Å². The molecule has 0 spiro atoms. The zero-order valence-electron chi connectivity index (χ0n) is 13.5. The van der Waals surface area contributed by atoms with Gasteiger partial charge in [0.05, 0.1) is 12.2 Å². The Morgan fingerprint density at radius 1 is 1.39 bits per heavy atom.